The minimum Gasteiger partial charge on any atom is -0.481 e. The van der Waals surface area contributed by atoms with E-state index >= 15 is 0 Å². The van der Waals surface area contributed by atoms with Crippen molar-refractivity contribution in [3.05, 3.63) is 59.7 Å². The maximum absolute atomic E-state index is 13.0. The monoisotopic (exact) mass is 462 g/mol. The minimum absolute atomic E-state index is 0.0334. The van der Waals surface area contributed by atoms with Gasteiger partial charge in [0.1, 0.15) is 6.61 Å². The van der Waals surface area contributed by atoms with Crippen LogP contribution in [0.3, 0.4) is 0 Å². The van der Waals surface area contributed by atoms with Gasteiger partial charge in [-0.25, -0.2) is 4.79 Å². The van der Waals surface area contributed by atoms with E-state index in [2.05, 4.69) is 29.6 Å². The molecule has 2 aromatic carbocycles. The molecule has 0 bridgehead atoms. The van der Waals surface area contributed by atoms with Crippen LogP contribution < -0.4 is 5.32 Å². The van der Waals surface area contributed by atoms with Crippen LogP contribution in [0.1, 0.15) is 23.5 Å². The number of carboxylic acids is 1. The fourth-order valence-electron chi connectivity index (χ4n) is 6.02. The fraction of sp³-hybridized carbons (Fsp3) is 0.423. The largest absolute Gasteiger partial charge is 0.481 e. The molecule has 2 heterocycles. The van der Waals surface area contributed by atoms with Crippen LogP contribution in [0, 0.1) is 17.8 Å². The predicted octanol–water partition coefficient (Wildman–Crippen LogP) is 2.47. The summed E-state index contributed by atoms with van der Waals surface area (Å²) in [6.45, 7) is 1.47. The first-order valence-electron chi connectivity index (χ1n) is 11.8. The van der Waals surface area contributed by atoms with Gasteiger partial charge in [0.25, 0.3) is 5.91 Å². The summed E-state index contributed by atoms with van der Waals surface area (Å²) in [5.74, 6) is -1.25. The minimum atomic E-state index is -0.783. The lowest BCUT2D eigenvalue weighted by Gasteiger charge is -2.26. The average molecular weight is 463 g/mol. The molecule has 2 N–H and O–H groups in total. The van der Waals surface area contributed by atoms with E-state index in [4.69, 9.17) is 9.47 Å². The molecule has 0 radical (unpaired) electrons. The smallest absolute Gasteiger partial charge is 0.407 e. The molecule has 2 aromatic rings. The number of carbonyl (C=O) groups is 3. The lowest BCUT2D eigenvalue weighted by atomic mass is 9.98. The molecule has 2 saturated heterocycles. The predicted molar refractivity (Wildman–Crippen MR) is 121 cm³/mol. The van der Waals surface area contributed by atoms with Gasteiger partial charge in [0.05, 0.1) is 12.0 Å². The third kappa shape index (κ3) is 3.44. The Morgan fingerprint density at radius 1 is 1.00 bits per heavy atom. The summed E-state index contributed by atoms with van der Waals surface area (Å²) in [4.78, 5) is 38.5. The second-order valence-corrected chi connectivity index (χ2v) is 9.59. The fourth-order valence-corrected chi connectivity index (χ4v) is 6.02. The number of rotatable bonds is 5. The van der Waals surface area contributed by atoms with E-state index in [9.17, 15) is 19.5 Å². The maximum Gasteiger partial charge on any atom is 0.407 e. The van der Waals surface area contributed by atoms with Crippen molar-refractivity contribution in [2.75, 3.05) is 26.3 Å². The molecule has 4 aliphatic rings. The van der Waals surface area contributed by atoms with Gasteiger partial charge in [0.15, 0.2) is 6.10 Å². The molecule has 0 spiro atoms. The van der Waals surface area contributed by atoms with Crippen molar-refractivity contribution in [3.63, 3.8) is 0 Å². The van der Waals surface area contributed by atoms with Crippen LogP contribution in [0.15, 0.2) is 48.5 Å². The lowest BCUT2D eigenvalue weighted by Crippen LogP contribution is -2.50. The summed E-state index contributed by atoms with van der Waals surface area (Å²) in [5.41, 5.74) is 4.61. The second kappa shape index (κ2) is 8.13. The number of carboxylic acid groups (broad SMARTS) is 1. The van der Waals surface area contributed by atoms with E-state index in [-0.39, 0.29) is 36.2 Å². The van der Waals surface area contributed by atoms with Crippen molar-refractivity contribution in [1.82, 2.24) is 10.2 Å². The number of likely N-dealkylation sites (tertiary alicyclic amines) is 1. The highest BCUT2D eigenvalue weighted by atomic mass is 16.6. The van der Waals surface area contributed by atoms with Crippen LogP contribution in [0.25, 0.3) is 11.1 Å². The van der Waals surface area contributed by atoms with Crippen LogP contribution in [0.2, 0.25) is 0 Å². The van der Waals surface area contributed by atoms with Crippen molar-refractivity contribution in [2.24, 2.45) is 17.8 Å². The normalized spacial score (nSPS) is 28.7. The van der Waals surface area contributed by atoms with Crippen LogP contribution in [-0.4, -0.2) is 66.4 Å². The van der Waals surface area contributed by atoms with Gasteiger partial charge in [0, 0.05) is 25.6 Å². The van der Waals surface area contributed by atoms with Gasteiger partial charge in [-0.15, -0.1) is 0 Å². The van der Waals surface area contributed by atoms with Crippen molar-refractivity contribution >= 4 is 18.0 Å². The Bertz CT molecular complexity index is 1110. The summed E-state index contributed by atoms with van der Waals surface area (Å²) in [7, 11) is 0. The summed E-state index contributed by atoms with van der Waals surface area (Å²) in [6.07, 6.45) is -0.800. The number of benzene rings is 2. The van der Waals surface area contributed by atoms with E-state index in [0.29, 0.717) is 26.1 Å². The van der Waals surface area contributed by atoms with E-state index < -0.39 is 24.2 Å². The van der Waals surface area contributed by atoms with Crippen molar-refractivity contribution in [1.29, 1.82) is 0 Å². The molecule has 5 atom stereocenters. The highest BCUT2D eigenvalue weighted by Crippen LogP contribution is 2.52. The molecule has 8 nitrogen and oxygen atoms in total. The summed E-state index contributed by atoms with van der Waals surface area (Å²) >= 11 is 0. The highest BCUT2D eigenvalue weighted by Gasteiger charge is 2.61. The highest BCUT2D eigenvalue weighted by molar-refractivity contribution is 5.84. The Labute approximate surface area is 196 Å². The Morgan fingerprint density at radius 2 is 1.62 bits per heavy atom. The topological polar surface area (TPSA) is 105 Å². The number of ether oxygens (including phenoxy) is 2. The number of fused-ring (bicyclic) bond motifs is 4. The van der Waals surface area contributed by atoms with Gasteiger partial charge in [-0.05, 0) is 40.5 Å². The lowest BCUT2D eigenvalue weighted by molar-refractivity contribution is -0.144. The molecular formula is C26H26N2O6. The molecule has 2 aliphatic carbocycles. The quantitative estimate of drug-likeness (QED) is 0.707. The molecule has 6 rings (SSSR count). The number of hydrogen-bond donors (Lipinski definition) is 2. The van der Waals surface area contributed by atoms with E-state index in [1.54, 1.807) is 4.90 Å². The molecule has 2 aliphatic heterocycles. The molecule has 1 unspecified atom stereocenters. The number of aliphatic carboxylic acids is 1. The van der Waals surface area contributed by atoms with Crippen LogP contribution in [-0.2, 0) is 19.1 Å². The van der Waals surface area contributed by atoms with Gasteiger partial charge in [-0.2, -0.15) is 0 Å². The number of amides is 2. The molecule has 34 heavy (non-hydrogen) atoms. The Morgan fingerprint density at radius 3 is 2.24 bits per heavy atom. The number of carbonyl (C=O) groups excluding carboxylic acids is 2. The number of hydrogen-bond acceptors (Lipinski definition) is 5. The number of nitrogens with one attached hydrogen (secondary N) is 1. The zero-order valence-corrected chi connectivity index (χ0v) is 18.6. The summed E-state index contributed by atoms with van der Waals surface area (Å²) in [5, 5.41) is 12.0. The molecule has 8 heteroatoms. The molecule has 1 saturated carbocycles. The van der Waals surface area contributed by atoms with Crippen molar-refractivity contribution in [3.8, 4) is 11.1 Å². The van der Waals surface area contributed by atoms with Gasteiger partial charge < -0.3 is 24.8 Å². The van der Waals surface area contributed by atoms with Gasteiger partial charge in [-0.3, -0.25) is 9.59 Å². The molecule has 0 aromatic heterocycles. The third-order valence-corrected chi connectivity index (χ3v) is 7.77. The number of alkyl carbamates (subject to hydrolysis) is 1. The maximum atomic E-state index is 13.0. The van der Waals surface area contributed by atoms with Crippen LogP contribution in [0.5, 0.6) is 0 Å². The standard InChI is InChI=1S/C26H26N2O6/c29-24(28-11-18-19(12-28)22(18)25(30)31)23-21(9-10-33-23)27-26(32)34-13-20-16-7-3-1-5-14(16)15-6-2-4-8-17(15)20/h1-8,18-23H,9-13H2,(H,27,32)(H,30,31)/t18-,19+,21-,22?,23+/m0/s1. The van der Waals surface area contributed by atoms with Crippen LogP contribution >= 0.6 is 0 Å². The Kier molecular flexibility index (Phi) is 5.06. The van der Waals surface area contributed by atoms with E-state index in [1.807, 2.05) is 24.3 Å². The van der Waals surface area contributed by atoms with E-state index in [0.717, 1.165) is 22.3 Å². The molecular weight excluding hydrogens is 436 g/mol. The van der Waals surface area contributed by atoms with Crippen molar-refractivity contribution < 1.29 is 29.0 Å². The Balaban J connectivity index is 1.06. The molecule has 2 amide bonds. The van der Waals surface area contributed by atoms with Gasteiger partial charge >= 0.3 is 12.1 Å². The first kappa shape index (κ1) is 21.2. The SMILES string of the molecule is O=C(N[C@H]1CCO[C@H]1C(=O)N1C[C@@H]2C(C(=O)O)[C@@H]2C1)OCC1c2ccccc2-c2ccccc21. The third-order valence-electron chi connectivity index (χ3n) is 7.77. The first-order chi connectivity index (χ1) is 16.5. The zero-order chi connectivity index (χ0) is 23.4. The van der Waals surface area contributed by atoms with E-state index in [1.165, 1.54) is 0 Å². The zero-order valence-electron chi connectivity index (χ0n) is 18.6. The van der Waals surface area contributed by atoms with Gasteiger partial charge in [0.2, 0.25) is 0 Å². The number of piperidine rings is 1. The summed E-state index contributed by atoms with van der Waals surface area (Å²) < 4.78 is 11.3. The Hall–Kier alpha value is -3.39. The first-order valence-corrected chi connectivity index (χ1v) is 11.8. The van der Waals surface area contributed by atoms with Crippen molar-refractivity contribution in [2.45, 2.75) is 24.5 Å². The summed E-state index contributed by atoms with van der Waals surface area (Å²) in [6, 6.07) is 15.8. The van der Waals surface area contributed by atoms with Gasteiger partial charge in [-0.1, -0.05) is 48.5 Å². The average Bonchev–Trinajstić information content (AvgIpc) is 3.19. The van der Waals surface area contributed by atoms with Crippen LogP contribution in [0.4, 0.5) is 4.79 Å². The molecule has 3 fully saturated rings. The second-order valence-electron chi connectivity index (χ2n) is 9.59. The number of nitrogens with zero attached hydrogens (tertiary/aromatic N) is 1. The molecule has 176 valence electrons.